The van der Waals surface area contributed by atoms with E-state index >= 15 is 0 Å². The van der Waals surface area contributed by atoms with Crippen LogP contribution in [-0.4, -0.2) is 57.6 Å². The fourth-order valence-electron chi connectivity index (χ4n) is 3.19. The van der Waals surface area contributed by atoms with Gasteiger partial charge in [0, 0.05) is 17.6 Å². The number of ether oxygens (including phenoxy) is 1. The van der Waals surface area contributed by atoms with E-state index in [1.165, 1.54) is 30.2 Å². The maximum absolute atomic E-state index is 13.4. The Labute approximate surface area is 214 Å². The summed E-state index contributed by atoms with van der Waals surface area (Å²) < 4.78 is 32.2. The molecule has 0 bridgehead atoms. The van der Waals surface area contributed by atoms with Crippen LogP contribution in [0.3, 0.4) is 0 Å². The summed E-state index contributed by atoms with van der Waals surface area (Å²) in [6, 6.07) is 11.0. The van der Waals surface area contributed by atoms with E-state index in [0.717, 1.165) is 27.0 Å². The molecule has 0 saturated heterocycles. The molecule has 0 fully saturated rings. The van der Waals surface area contributed by atoms with E-state index < -0.39 is 28.5 Å². The van der Waals surface area contributed by atoms with E-state index in [1.807, 2.05) is 31.2 Å². The largest absolute Gasteiger partial charge is 0.495 e. The van der Waals surface area contributed by atoms with Gasteiger partial charge in [0.2, 0.25) is 21.8 Å². The average Bonchev–Trinajstić information content (AvgIpc) is 2.79. The molecule has 2 amide bonds. The highest BCUT2D eigenvalue weighted by atomic mass is 79.9. The summed E-state index contributed by atoms with van der Waals surface area (Å²) in [5, 5.41) is 3.00. The monoisotopic (exact) mass is 573 g/mol. The van der Waals surface area contributed by atoms with E-state index in [9.17, 15) is 18.0 Å². The zero-order chi connectivity index (χ0) is 25.5. The SMILES string of the molecule is CCCNC(=O)[C@@H](C)N(Cc1ccc(Br)cc1)C(=O)CN(c1ccc(OC)c(Cl)c1)S(C)(=O)=O. The Kier molecular flexibility index (Phi) is 10.2. The third-order valence-corrected chi connectivity index (χ3v) is 7.05. The van der Waals surface area contributed by atoms with Crippen LogP contribution in [0.2, 0.25) is 5.02 Å². The zero-order valence-electron chi connectivity index (χ0n) is 19.5. The van der Waals surface area contributed by atoms with Gasteiger partial charge in [-0.1, -0.05) is 46.6 Å². The number of nitrogens with one attached hydrogen (secondary N) is 1. The van der Waals surface area contributed by atoms with E-state index in [1.54, 1.807) is 6.92 Å². The number of anilines is 1. The minimum absolute atomic E-state index is 0.133. The molecule has 1 N–H and O–H groups in total. The van der Waals surface area contributed by atoms with Crippen LogP contribution in [0.4, 0.5) is 5.69 Å². The predicted octanol–water partition coefficient (Wildman–Crippen LogP) is 3.82. The van der Waals surface area contributed by atoms with Gasteiger partial charge in [0.25, 0.3) is 0 Å². The Balaban J connectivity index is 2.38. The van der Waals surface area contributed by atoms with E-state index in [2.05, 4.69) is 21.2 Å². The number of amides is 2. The molecule has 0 heterocycles. The number of hydrogen-bond acceptors (Lipinski definition) is 5. The molecule has 0 aliphatic heterocycles. The molecule has 0 aromatic heterocycles. The van der Waals surface area contributed by atoms with Crippen LogP contribution in [0.15, 0.2) is 46.9 Å². The van der Waals surface area contributed by atoms with Crippen molar-refractivity contribution in [3.63, 3.8) is 0 Å². The lowest BCUT2D eigenvalue weighted by atomic mass is 10.1. The first-order chi connectivity index (χ1) is 16.0. The Morgan fingerprint density at radius 3 is 2.35 bits per heavy atom. The number of sulfonamides is 1. The summed E-state index contributed by atoms with van der Waals surface area (Å²) in [6.45, 7) is 3.66. The normalized spacial score (nSPS) is 12.1. The molecule has 2 aromatic rings. The molecule has 0 spiro atoms. The van der Waals surface area contributed by atoms with Gasteiger partial charge in [0.05, 0.1) is 24.1 Å². The van der Waals surface area contributed by atoms with Crippen molar-refractivity contribution in [3.05, 3.63) is 57.5 Å². The number of halogens is 2. The van der Waals surface area contributed by atoms with Crippen molar-refractivity contribution in [1.29, 1.82) is 0 Å². The van der Waals surface area contributed by atoms with E-state index in [-0.39, 0.29) is 23.2 Å². The molecule has 0 aliphatic rings. The molecule has 34 heavy (non-hydrogen) atoms. The van der Waals surface area contributed by atoms with Crippen molar-refractivity contribution in [2.45, 2.75) is 32.9 Å². The molecule has 11 heteroatoms. The lowest BCUT2D eigenvalue weighted by Crippen LogP contribution is -2.51. The molecule has 1 atom stereocenters. The fraction of sp³-hybridized carbons (Fsp3) is 0.391. The first kappa shape index (κ1) is 27.9. The summed E-state index contributed by atoms with van der Waals surface area (Å²) in [7, 11) is -2.39. The van der Waals surface area contributed by atoms with E-state index in [4.69, 9.17) is 16.3 Å². The second-order valence-electron chi connectivity index (χ2n) is 7.70. The van der Waals surface area contributed by atoms with Gasteiger partial charge < -0.3 is 15.0 Å². The topological polar surface area (TPSA) is 96.0 Å². The zero-order valence-corrected chi connectivity index (χ0v) is 22.7. The van der Waals surface area contributed by atoms with Crippen LogP contribution in [0.1, 0.15) is 25.8 Å². The number of hydrogen-bond donors (Lipinski definition) is 1. The first-order valence-electron chi connectivity index (χ1n) is 10.6. The van der Waals surface area contributed by atoms with Crippen molar-refractivity contribution in [2.75, 3.05) is 30.8 Å². The summed E-state index contributed by atoms with van der Waals surface area (Å²) in [6.07, 6.45) is 1.76. The molecule has 0 unspecified atom stereocenters. The number of nitrogens with zero attached hydrogens (tertiary/aromatic N) is 2. The van der Waals surface area contributed by atoms with Crippen LogP contribution in [0, 0.1) is 0 Å². The number of rotatable bonds is 11. The van der Waals surface area contributed by atoms with Crippen LogP contribution < -0.4 is 14.4 Å². The minimum atomic E-state index is -3.84. The quantitative estimate of drug-likeness (QED) is 0.440. The molecule has 0 aliphatic carbocycles. The molecule has 2 aromatic carbocycles. The van der Waals surface area contributed by atoms with Crippen molar-refractivity contribution in [1.82, 2.24) is 10.2 Å². The molecule has 8 nitrogen and oxygen atoms in total. The average molecular weight is 575 g/mol. The number of benzene rings is 2. The van der Waals surface area contributed by atoms with Crippen LogP contribution in [0.25, 0.3) is 0 Å². The Hall–Kier alpha value is -2.30. The van der Waals surface area contributed by atoms with Crippen molar-refractivity contribution in [2.24, 2.45) is 0 Å². The van der Waals surface area contributed by atoms with Crippen molar-refractivity contribution < 1.29 is 22.7 Å². The number of carbonyl (C=O) groups is 2. The maximum atomic E-state index is 13.4. The molecular formula is C23H29BrClN3O5S. The van der Waals surface area contributed by atoms with Gasteiger partial charge in [0.15, 0.2) is 0 Å². The molecule has 0 radical (unpaired) electrons. The van der Waals surface area contributed by atoms with Gasteiger partial charge in [-0.25, -0.2) is 8.42 Å². The Morgan fingerprint density at radius 2 is 1.82 bits per heavy atom. The predicted molar refractivity (Wildman–Crippen MR) is 138 cm³/mol. The minimum Gasteiger partial charge on any atom is -0.495 e. The lowest BCUT2D eigenvalue weighted by Gasteiger charge is -2.31. The summed E-state index contributed by atoms with van der Waals surface area (Å²) in [5.41, 5.74) is 1.01. The first-order valence-corrected chi connectivity index (χ1v) is 13.6. The van der Waals surface area contributed by atoms with Gasteiger partial charge in [-0.15, -0.1) is 0 Å². The molecular weight excluding hydrogens is 546 g/mol. The lowest BCUT2D eigenvalue weighted by molar-refractivity contribution is -0.139. The van der Waals surface area contributed by atoms with Crippen LogP contribution in [0.5, 0.6) is 5.75 Å². The highest BCUT2D eigenvalue weighted by Gasteiger charge is 2.30. The van der Waals surface area contributed by atoms with Crippen LogP contribution in [-0.2, 0) is 26.2 Å². The van der Waals surface area contributed by atoms with Crippen molar-refractivity contribution in [3.8, 4) is 5.75 Å². The molecule has 2 rings (SSSR count). The summed E-state index contributed by atoms with van der Waals surface area (Å²) in [4.78, 5) is 27.5. The van der Waals surface area contributed by atoms with Gasteiger partial charge in [-0.2, -0.15) is 0 Å². The highest BCUT2D eigenvalue weighted by Crippen LogP contribution is 2.30. The smallest absolute Gasteiger partial charge is 0.244 e. The van der Waals surface area contributed by atoms with Gasteiger partial charge >= 0.3 is 0 Å². The van der Waals surface area contributed by atoms with Gasteiger partial charge in [-0.05, 0) is 49.2 Å². The highest BCUT2D eigenvalue weighted by molar-refractivity contribution is 9.10. The van der Waals surface area contributed by atoms with Crippen molar-refractivity contribution >= 4 is 55.1 Å². The summed E-state index contributed by atoms with van der Waals surface area (Å²) >= 11 is 9.56. The van der Waals surface area contributed by atoms with E-state index in [0.29, 0.717) is 12.3 Å². The maximum Gasteiger partial charge on any atom is 0.244 e. The third kappa shape index (κ3) is 7.61. The standard InChI is InChI=1S/C23H29BrClN3O5S/c1-5-12-26-23(30)16(2)27(14-17-6-8-18(24)9-7-17)22(29)15-28(34(4,31)32)19-10-11-21(33-3)20(25)13-19/h6-11,13,16H,5,12,14-15H2,1-4H3,(H,26,30)/t16-/m1/s1. The molecule has 186 valence electrons. The van der Waals surface area contributed by atoms with Gasteiger partial charge in [0.1, 0.15) is 18.3 Å². The van der Waals surface area contributed by atoms with Gasteiger partial charge in [-0.3, -0.25) is 13.9 Å². The third-order valence-electron chi connectivity index (χ3n) is 5.09. The van der Waals surface area contributed by atoms with Crippen LogP contribution >= 0.6 is 27.5 Å². The summed E-state index contributed by atoms with van der Waals surface area (Å²) in [5.74, 6) is -0.464. The number of carbonyl (C=O) groups excluding carboxylic acids is 2. The molecule has 0 saturated carbocycles. The second kappa shape index (κ2) is 12.4. The fourth-order valence-corrected chi connectivity index (χ4v) is 4.55. The Morgan fingerprint density at radius 1 is 1.18 bits per heavy atom. The Bertz CT molecular complexity index is 1110. The number of methoxy groups -OCH3 is 1. The second-order valence-corrected chi connectivity index (χ2v) is 10.9.